The zero-order chi connectivity index (χ0) is 19.6. The van der Waals surface area contributed by atoms with Crippen molar-refractivity contribution in [2.75, 3.05) is 0 Å². The molecular weight excluding hydrogens is 306 g/mol. The van der Waals surface area contributed by atoms with Crippen molar-refractivity contribution in [3.8, 4) is 0 Å². The first-order valence-electron chi connectivity index (χ1n) is 8.47. The molecule has 0 saturated heterocycles. The minimum atomic E-state index is -0.911. The zero-order valence-corrected chi connectivity index (χ0v) is 16.8. The average Bonchev–Trinajstić information content (AvgIpc) is 2.21. The summed E-state index contributed by atoms with van der Waals surface area (Å²) < 4.78 is 0. The van der Waals surface area contributed by atoms with Gasteiger partial charge in [-0.25, -0.2) is 0 Å². The van der Waals surface area contributed by atoms with E-state index in [0.29, 0.717) is 6.42 Å². The van der Waals surface area contributed by atoms with E-state index in [4.69, 9.17) is 0 Å². The Bertz CT molecular complexity index is 508. The molecule has 0 unspecified atom stereocenters. The molecule has 0 amide bonds. The van der Waals surface area contributed by atoms with E-state index in [-0.39, 0.29) is 27.9 Å². The van der Waals surface area contributed by atoms with Crippen LogP contribution in [0.25, 0.3) is 0 Å². The molecule has 0 aromatic carbocycles. The molecule has 1 N–H and O–H groups in total. The van der Waals surface area contributed by atoms with Gasteiger partial charge in [0.15, 0.2) is 0 Å². The molecule has 0 aromatic heterocycles. The third-order valence-corrected chi connectivity index (χ3v) is 3.94. The number of aliphatic carboxylic acids is 1. The maximum Gasteiger partial charge on any atom is 0.309 e. The third-order valence-electron chi connectivity index (χ3n) is 3.94. The van der Waals surface area contributed by atoms with Gasteiger partial charge in [-0.1, -0.05) is 48.5 Å². The first-order chi connectivity index (χ1) is 10.4. The van der Waals surface area contributed by atoms with Crippen LogP contribution in [-0.2, 0) is 4.79 Å². The van der Waals surface area contributed by atoms with Crippen LogP contribution in [0.15, 0.2) is 11.8 Å². The molecule has 0 fully saturated rings. The van der Waals surface area contributed by atoms with Gasteiger partial charge >= 0.3 is 5.97 Å². The van der Waals surface area contributed by atoms with E-state index in [9.17, 15) is 20.0 Å². The standard InChI is InChI=1S/C19H35NO4/c1-16(2,3)12-17(4,5)10-14(20(23)24)11-18(6,7)13-19(8,9)15(21)22/h10H,11-13H2,1-9H3,(H,21,22)/b14-10+. The highest BCUT2D eigenvalue weighted by Gasteiger charge is 2.37. The molecule has 24 heavy (non-hydrogen) atoms. The molecule has 0 aliphatic heterocycles. The van der Waals surface area contributed by atoms with Gasteiger partial charge < -0.3 is 5.11 Å². The van der Waals surface area contributed by atoms with Gasteiger partial charge in [0.1, 0.15) is 0 Å². The number of hydrogen-bond acceptors (Lipinski definition) is 3. The molecule has 0 aliphatic rings. The van der Waals surface area contributed by atoms with Gasteiger partial charge in [-0.15, -0.1) is 0 Å². The van der Waals surface area contributed by atoms with Crippen molar-refractivity contribution < 1.29 is 14.8 Å². The van der Waals surface area contributed by atoms with Gasteiger partial charge in [-0.05, 0) is 49.0 Å². The van der Waals surface area contributed by atoms with E-state index < -0.39 is 16.8 Å². The number of carboxylic acids is 1. The van der Waals surface area contributed by atoms with E-state index in [2.05, 4.69) is 20.8 Å². The molecule has 5 nitrogen and oxygen atoms in total. The van der Waals surface area contributed by atoms with Crippen LogP contribution in [0, 0.1) is 31.8 Å². The molecule has 0 spiro atoms. The number of hydrogen-bond donors (Lipinski definition) is 1. The Morgan fingerprint density at radius 1 is 1.00 bits per heavy atom. The van der Waals surface area contributed by atoms with Crippen molar-refractivity contribution >= 4 is 5.97 Å². The number of carbonyl (C=O) groups is 1. The molecule has 0 heterocycles. The van der Waals surface area contributed by atoms with Crippen molar-refractivity contribution in [2.45, 2.75) is 81.6 Å². The average molecular weight is 341 g/mol. The molecule has 0 radical (unpaired) electrons. The van der Waals surface area contributed by atoms with Crippen LogP contribution in [0.1, 0.15) is 81.6 Å². The number of carboxylic acid groups (broad SMARTS) is 1. The second kappa shape index (κ2) is 7.24. The van der Waals surface area contributed by atoms with E-state index >= 15 is 0 Å². The normalized spacial score (nSPS) is 14.6. The smallest absolute Gasteiger partial charge is 0.309 e. The number of nitrogens with zero attached hydrogens (tertiary/aromatic N) is 1. The number of allylic oxidation sites excluding steroid dienone is 2. The van der Waals surface area contributed by atoms with Crippen molar-refractivity contribution in [3.63, 3.8) is 0 Å². The molecular formula is C19H35NO4. The van der Waals surface area contributed by atoms with Crippen molar-refractivity contribution in [1.29, 1.82) is 0 Å². The van der Waals surface area contributed by atoms with Gasteiger partial charge in [-0.3, -0.25) is 14.9 Å². The Morgan fingerprint density at radius 3 is 1.79 bits per heavy atom. The molecule has 140 valence electrons. The summed E-state index contributed by atoms with van der Waals surface area (Å²) in [4.78, 5) is 22.6. The summed E-state index contributed by atoms with van der Waals surface area (Å²) in [5, 5.41) is 20.9. The largest absolute Gasteiger partial charge is 0.481 e. The van der Waals surface area contributed by atoms with Gasteiger partial charge in [0.2, 0.25) is 5.70 Å². The number of rotatable bonds is 8. The minimum Gasteiger partial charge on any atom is -0.481 e. The Kier molecular flexibility index (Phi) is 6.82. The summed E-state index contributed by atoms with van der Waals surface area (Å²) in [6, 6.07) is 0. The SMILES string of the molecule is CC(C)(C)CC(C)(C)/C=C(\CC(C)(C)CC(C)(C)C(=O)O)[N+](=O)[O-]. The molecule has 0 atom stereocenters. The highest BCUT2D eigenvalue weighted by molar-refractivity contribution is 5.73. The lowest BCUT2D eigenvalue weighted by atomic mass is 9.71. The van der Waals surface area contributed by atoms with Gasteiger partial charge in [0.05, 0.1) is 10.3 Å². The predicted octanol–water partition coefficient (Wildman–Crippen LogP) is 5.53. The van der Waals surface area contributed by atoms with Crippen LogP contribution in [0.3, 0.4) is 0 Å². The van der Waals surface area contributed by atoms with Crippen molar-refractivity contribution in [3.05, 3.63) is 21.9 Å². The molecule has 0 aliphatic carbocycles. The summed E-state index contributed by atoms with van der Waals surface area (Å²) in [6.45, 7) is 17.5. The highest BCUT2D eigenvalue weighted by Crippen LogP contribution is 2.41. The monoisotopic (exact) mass is 341 g/mol. The van der Waals surface area contributed by atoms with E-state index in [0.717, 1.165) is 6.42 Å². The van der Waals surface area contributed by atoms with Gasteiger partial charge in [0.25, 0.3) is 0 Å². The fourth-order valence-corrected chi connectivity index (χ4v) is 3.86. The Hall–Kier alpha value is -1.39. The first-order valence-corrected chi connectivity index (χ1v) is 8.47. The molecule has 0 bridgehead atoms. The quantitative estimate of drug-likeness (QED) is 0.465. The third kappa shape index (κ3) is 8.46. The minimum absolute atomic E-state index is 0.0719. The second-order valence-electron chi connectivity index (χ2n) is 10.3. The summed E-state index contributed by atoms with van der Waals surface area (Å²) in [5.41, 5.74) is -1.43. The maximum absolute atomic E-state index is 11.5. The predicted molar refractivity (Wildman–Crippen MR) is 97.4 cm³/mol. The van der Waals surface area contributed by atoms with E-state index in [1.807, 2.05) is 27.7 Å². The lowest BCUT2D eigenvalue weighted by molar-refractivity contribution is -0.430. The summed E-state index contributed by atoms with van der Waals surface area (Å²) in [5.74, 6) is -0.879. The molecule has 0 saturated carbocycles. The first kappa shape index (κ1) is 22.6. The van der Waals surface area contributed by atoms with E-state index in [1.165, 1.54) is 0 Å². The fraction of sp³-hybridized carbons (Fsp3) is 0.842. The van der Waals surface area contributed by atoms with Crippen LogP contribution in [0.5, 0.6) is 0 Å². The molecule has 0 rings (SSSR count). The van der Waals surface area contributed by atoms with E-state index in [1.54, 1.807) is 19.9 Å². The second-order valence-corrected chi connectivity index (χ2v) is 10.3. The highest BCUT2D eigenvalue weighted by atomic mass is 16.6. The maximum atomic E-state index is 11.5. The number of nitro groups is 1. The van der Waals surface area contributed by atoms with Crippen LogP contribution in [0.4, 0.5) is 0 Å². The van der Waals surface area contributed by atoms with Crippen molar-refractivity contribution in [2.24, 2.45) is 21.7 Å². The Morgan fingerprint density at radius 2 is 1.46 bits per heavy atom. The summed E-state index contributed by atoms with van der Waals surface area (Å²) in [7, 11) is 0. The Labute approximate surface area is 146 Å². The molecule has 5 heteroatoms. The lowest BCUT2D eigenvalue weighted by Gasteiger charge is -2.32. The Balaban J connectivity index is 5.45. The van der Waals surface area contributed by atoms with Crippen molar-refractivity contribution in [1.82, 2.24) is 0 Å². The van der Waals surface area contributed by atoms with Crippen LogP contribution >= 0.6 is 0 Å². The summed E-state index contributed by atoms with van der Waals surface area (Å²) in [6.07, 6.45) is 3.22. The van der Waals surface area contributed by atoms with Gasteiger partial charge in [-0.2, -0.15) is 0 Å². The zero-order valence-electron chi connectivity index (χ0n) is 16.8. The lowest BCUT2D eigenvalue weighted by Crippen LogP contribution is -2.31. The topological polar surface area (TPSA) is 80.4 Å². The van der Waals surface area contributed by atoms with Crippen LogP contribution < -0.4 is 0 Å². The van der Waals surface area contributed by atoms with Crippen LogP contribution in [-0.4, -0.2) is 16.0 Å². The molecule has 0 aromatic rings. The van der Waals surface area contributed by atoms with Crippen LogP contribution in [0.2, 0.25) is 0 Å². The fourth-order valence-electron chi connectivity index (χ4n) is 3.86. The summed E-state index contributed by atoms with van der Waals surface area (Å²) >= 11 is 0. The van der Waals surface area contributed by atoms with Gasteiger partial charge in [0, 0.05) is 6.42 Å².